The van der Waals surface area contributed by atoms with Crippen LogP contribution >= 0.6 is 0 Å². The van der Waals surface area contributed by atoms with Gasteiger partial charge in [-0.05, 0) is 19.1 Å². The zero-order valence-corrected chi connectivity index (χ0v) is 12.1. The second kappa shape index (κ2) is 8.81. The molecule has 1 aromatic rings. The Morgan fingerprint density at radius 3 is 2.76 bits per heavy atom. The van der Waals surface area contributed by atoms with E-state index in [9.17, 15) is 9.90 Å². The molecule has 1 rings (SSSR count). The average Bonchev–Trinajstić information content (AvgIpc) is 2.47. The van der Waals surface area contributed by atoms with Crippen molar-refractivity contribution in [3.63, 3.8) is 0 Å². The first-order valence-electron chi connectivity index (χ1n) is 6.55. The van der Waals surface area contributed by atoms with Gasteiger partial charge in [-0.2, -0.15) is 0 Å². The molecule has 0 aromatic heterocycles. The Labute approximate surface area is 124 Å². The number of aliphatic hydroxyl groups excluding tert-OH is 1. The molecule has 114 valence electrons. The molecule has 5 heteroatoms. The lowest BCUT2D eigenvalue weighted by Gasteiger charge is -2.12. The molecule has 0 saturated heterocycles. The molecule has 1 aromatic carbocycles. The molecule has 0 aliphatic carbocycles. The Bertz CT molecular complexity index is 507. The zero-order chi connectivity index (χ0) is 15.7. The van der Waals surface area contributed by atoms with Crippen molar-refractivity contribution in [1.29, 1.82) is 0 Å². The van der Waals surface area contributed by atoms with Gasteiger partial charge >= 0.3 is 5.97 Å². The highest BCUT2D eigenvalue weighted by Gasteiger charge is 2.06. The third kappa shape index (κ3) is 5.71. The molecular formula is C16H20O5. The molecule has 0 atom stereocenters. The van der Waals surface area contributed by atoms with Crippen molar-refractivity contribution in [3.8, 4) is 11.5 Å². The molecule has 0 aliphatic heterocycles. The van der Waals surface area contributed by atoms with Gasteiger partial charge in [0.2, 0.25) is 0 Å². The molecule has 21 heavy (non-hydrogen) atoms. The quantitative estimate of drug-likeness (QED) is 0.328. The largest absolute Gasteiger partial charge is 0.493 e. The van der Waals surface area contributed by atoms with Gasteiger partial charge in [-0.15, -0.1) is 0 Å². The molecule has 0 heterocycles. The second-order valence-corrected chi connectivity index (χ2v) is 4.33. The first-order chi connectivity index (χ1) is 10.1. The summed E-state index contributed by atoms with van der Waals surface area (Å²) in [6.07, 6.45) is 1.85. The molecule has 0 bridgehead atoms. The van der Waals surface area contributed by atoms with E-state index in [1.165, 1.54) is 6.26 Å². The van der Waals surface area contributed by atoms with Gasteiger partial charge in [0.25, 0.3) is 0 Å². The minimum atomic E-state index is -0.410. The van der Waals surface area contributed by atoms with Gasteiger partial charge in [-0.25, -0.2) is 4.79 Å². The van der Waals surface area contributed by atoms with Gasteiger partial charge in [-0.1, -0.05) is 13.2 Å². The van der Waals surface area contributed by atoms with E-state index in [0.29, 0.717) is 35.7 Å². The van der Waals surface area contributed by atoms with Gasteiger partial charge in [0, 0.05) is 23.6 Å². The summed E-state index contributed by atoms with van der Waals surface area (Å²) in [5.41, 5.74) is 1.03. The van der Waals surface area contributed by atoms with E-state index in [0.717, 1.165) is 0 Å². The van der Waals surface area contributed by atoms with Crippen molar-refractivity contribution in [2.45, 2.75) is 20.0 Å². The fraction of sp³-hybridized carbons (Fsp3) is 0.312. The van der Waals surface area contributed by atoms with Crippen LogP contribution in [0.2, 0.25) is 0 Å². The first-order valence-corrected chi connectivity index (χ1v) is 6.55. The lowest BCUT2D eigenvalue weighted by Crippen LogP contribution is -2.09. The molecule has 5 nitrogen and oxygen atoms in total. The number of carbonyl (C=O) groups excluding carboxylic acids is 1. The van der Waals surface area contributed by atoms with Crippen LogP contribution in [-0.2, 0) is 16.1 Å². The van der Waals surface area contributed by atoms with Crippen LogP contribution in [0.3, 0.4) is 0 Å². The summed E-state index contributed by atoms with van der Waals surface area (Å²) in [6, 6.07) is 5.11. The van der Waals surface area contributed by atoms with E-state index in [2.05, 4.69) is 13.2 Å². The van der Waals surface area contributed by atoms with Crippen molar-refractivity contribution < 1.29 is 24.1 Å². The molecule has 1 N–H and O–H groups in total. The standard InChI is InChI=1S/C16H20O5/c1-4-19-14-7-6-13(11-17)15(10-14)20-8-5-9-21-16(18)12(2)3/h4,6-7,10,17H,1-2,5,8-9,11H2,3H3. The number of hydrogen-bond acceptors (Lipinski definition) is 5. The van der Waals surface area contributed by atoms with Gasteiger partial charge in [0.05, 0.1) is 26.1 Å². The fourth-order valence-corrected chi connectivity index (χ4v) is 1.50. The van der Waals surface area contributed by atoms with Crippen molar-refractivity contribution >= 4 is 5.97 Å². The lowest BCUT2D eigenvalue weighted by molar-refractivity contribution is -0.139. The van der Waals surface area contributed by atoms with Crippen LogP contribution < -0.4 is 9.47 Å². The number of aliphatic hydroxyl groups is 1. The first kappa shape index (κ1) is 16.8. The van der Waals surface area contributed by atoms with Crippen molar-refractivity contribution in [2.24, 2.45) is 0 Å². The molecule has 0 amide bonds. The smallest absolute Gasteiger partial charge is 0.333 e. The molecule has 0 radical (unpaired) electrons. The minimum Gasteiger partial charge on any atom is -0.493 e. The monoisotopic (exact) mass is 292 g/mol. The Hall–Kier alpha value is -2.27. The molecule has 0 fully saturated rings. The highest BCUT2D eigenvalue weighted by Crippen LogP contribution is 2.25. The van der Waals surface area contributed by atoms with Crippen LogP contribution in [0.1, 0.15) is 18.9 Å². The number of hydrogen-bond donors (Lipinski definition) is 1. The Balaban J connectivity index is 2.46. The van der Waals surface area contributed by atoms with Crippen molar-refractivity contribution in [1.82, 2.24) is 0 Å². The van der Waals surface area contributed by atoms with E-state index in [-0.39, 0.29) is 13.2 Å². The summed E-state index contributed by atoms with van der Waals surface area (Å²) in [7, 11) is 0. The maximum atomic E-state index is 11.2. The van der Waals surface area contributed by atoms with E-state index >= 15 is 0 Å². The van der Waals surface area contributed by atoms with E-state index in [4.69, 9.17) is 14.2 Å². The number of rotatable bonds is 9. The number of carbonyl (C=O) groups is 1. The Kier molecular flexibility index (Phi) is 7.04. The van der Waals surface area contributed by atoms with Crippen molar-refractivity contribution in [2.75, 3.05) is 13.2 Å². The third-order valence-electron chi connectivity index (χ3n) is 2.56. The number of benzene rings is 1. The van der Waals surface area contributed by atoms with Crippen LogP contribution in [0.5, 0.6) is 11.5 Å². The van der Waals surface area contributed by atoms with Crippen LogP contribution in [-0.4, -0.2) is 24.3 Å². The molecule has 0 spiro atoms. The molecular weight excluding hydrogens is 272 g/mol. The van der Waals surface area contributed by atoms with Gasteiger partial charge < -0.3 is 19.3 Å². The topological polar surface area (TPSA) is 65.0 Å². The van der Waals surface area contributed by atoms with E-state index in [1.807, 2.05) is 0 Å². The molecule has 0 aliphatic rings. The summed E-state index contributed by atoms with van der Waals surface area (Å²) in [4.78, 5) is 11.2. The summed E-state index contributed by atoms with van der Waals surface area (Å²) in [5.74, 6) is 0.696. The van der Waals surface area contributed by atoms with E-state index < -0.39 is 5.97 Å². The van der Waals surface area contributed by atoms with Crippen LogP contribution in [0.4, 0.5) is 0 Å². The fourth-order valence-electron chi connectivity index (χ4n) is 1.50. The summed E-state index contributed by atoms with van der Waals surface area (Å²) >= 11 is 0. The highest BCUT2D eigenvalue weighted by atomic mass is 16.5. The Morgan fingerprint density at radius 2 is 2.14 bits per heavy atom. The predicted molar refractivity (Wildman–Crippen MR) is 79.1 cm³/mol. The SMILES string of the molecule is C=COc1ccc(CO)c(OCCCOC(=O)C(=C)C)c1. The Morgan fingerprint density at radius 1 is 1.38 bits per heavy atom. The normalized spacial score (nSPS) is 9.81. The van der Waals surface area contributed by atoms with Crippen molar-refractivity contribution in [3.05, 3.63) is 48.8 Å². The van der Waals surface area contributed by atoms with Crippen LogP contribution in [0.15, 0.2) is 43.2 Å². The second-order valence-electron chi connectivity index (χ2n) is 4.33. The van der Waals surface area contributed by atoms with Crippen LogP contribution in [0.25, 0.3) is 0 Å². The minimum absolute atomic E-state index is 0.131. The third-order valence-corrected chi connectivity index (χ3v) is 2.56. The van der Waals surface area contributed by atoms with Gasteiger partial charge in [0.15, 0.2) is 0 Å². The summed E-state index contributed by atoms with van der Waals surface area (Å²) < 4.78 is 15.7. The number of esters is 1. The highest BCUT2D eigenvalue weighted by molar-refractivity contribution is 5.86. The summed E-state index contributed by atoms with van der Waals surface area (Å²) in [5, 5.41) is 9.26. The maximum Gasteiger partial charge on any atom is 0.333 e. The lowest BCUT2D eigenvalue weighted by atomic mass is 10.2. The van der Waals surface area contributed by atoms with E-state index in [1.54, 1.807) is 25.1 Å². The van der Waals surface area contributed by atoms with Gasteiger partial charge in [0.1, 0.15) is 11.5 Å². The maximum absolute atomic E-state index is 11.2. The average molecular weight is 292 g/mol. The zero-order valence-electron chi connectivity index (χ0n) is 12.1. The van der Waals surface area contributed by atoms with Gasteiger partial charge in [-0.3, -0.25) is 0 Å². The molecule has 0 saturated carbocycles. The van der Waals surface area contributed by atoms with Crippen LogP contribution in [0, 0.1) is 0 Å². The molecule has 0 unspecified atom stereocenters. The number of ether oxygens (including phenoxy) is 3. The summed E-state index contributed by atoms with van der Waals surface area (Å²) in [6.45, 7) is 9.05. The predicted octanol–water partition coefficient (Wildman–Crippen LogP) is 2.59.